The lowest BCUT2D eigenvalue weighted by Crippen LogP contribution is -2.35. The summed E-state index contributed by atoms with van der Waals surface area (Å²) in [5, 5.41) is 5.07. The summed E-state index contributed by atoms with van der Waals surface area (Å²) in [6.07, 6.45) is 4.48. The molecule has 3 aromatic rings. The Balaban J connectivity index is 1.36. The normalized spacial score (nSPS) is 10.5. The summed E-state index contributed by atoms with van der Waals surface area (Å²) in [5.74, 6) is -0.549. The number of carbonyl (C=O) groups is 3. The molecule has 0 aliphatic carbocycles. The first kappa shape index (κ1) is 26.0. The molecule has 9 heteroatoms. The van der Waals surface area contributed by atoms with Crippen LogP contribution in [0.2, 0.25) is 0 Å². The maximum Gasteiger partial charge on any atom is 0.331 e. The Morgan fingerprint density at radius 3 is 2.53 bits per heavy atom. The number of ether oxygens (including phenoxy) is 3. The van der Waals surface area contributed by atoms with E-state index in [1.807, 2.05) is 31.2 Å². The maximum atomic E-state index is 12.1. The fourth-order valence-electron chi connectivity index (χ4n) is 3.01. The molecule has 0 unspecified atom stereocenters. The van der Waals surface area contributed by atoms with E-state index in [1.54, 1.807) is 48.7 Å². The molecule has 2 amide bonds. The first-order chi connectivity index (χ1) is 17.4. The van der Waals surface area contributed by atoms with E-state index in [0.717, 1.165) is 16.8 Å². The molecule has 0 spiro atoms. The molecule has 36 heavy (non-hydrogen) atoms. The predicted molar refractivity (Wildman–Crippen MR) is 134 cm³/mol. The number of anilines is 1. The second-order valence-electron chi connectivity index (χ2n) is 7.65. The van der Waals surface area contributed by atoms with Crippen LogP contribution < -0.4 is 20.1 Å². The Bertz CT molecular complexity index is 1210. The quantitative estimate of drug-likeness (QED) is 0.314. The number of carbonyl (C=O) groups excluding carboxylic acids is 3. The van der Waals surface area contributed by atoms with Crippen LogP contribution in [0.15, 0.2) is 72.9 Å². The van der Waals surface area contributed by atoms with Crippen LogP contribution in [0.1, 0.15) is 16.8 Å². The highest BCUT2D eigenvalue weighted by atomic mass is 16.5. The number of aryl methyl sites for hydroxylation is 1. The van der Waals surface area contributed by atoms with Crippen molar-refractivity contribution in [3.05, 3.63) is 89.8 Å². The Kier molecular flexibility index (Phi) is 9.58. The monoisotopic (exact) mass is 489 g/mol. The zero-order valence-electron chi connectivity index (χ0n) is 20.0. The van der Waals surface area contributed by atoms with Gasteiger partial charge in [0.1, 0.15) is 18.1 Å². The van der Waals surface area contributed by atoms with Crippen molar-refractivity contribution in [3.8, 4) is 11.5 Å². The first-order valence-electron chi connectivity index (χ1n) is 11.1. The van der Waals surface area contributed by atoms with E-state index in [2.05, 4.69) is 15.6 Å². The van der Waals surface area contributed by atoms with Crippen molar-refractivity contribution in [3.63, 3.8) is 0 Å². The van der Waals surface area contributed by atoms with Crippen LogP contribution in [-0.2, 0) is 25.7 Å². The zero-order valence-corrected chi connectivity index (χ0v) is 20.0. The van der Waals surface area contributed by atoms with Gasteiger partial charge in [0.25, 0.3) is 5.91 Å². The van der Waals surface area contributed by atoms with Crippen LogP contribution in [0, 0.1) is 6.92 Å². The molecule has 1 aromatic heterocycles. The number of nitrogens with zero attached hydrogens (tertiary/aromatic N) is 1. The average molecular weight is 490 g/mol. The van der Waals surface area contributed by atoms with Crippen LogP contribution in [0.25, 0.3) is 6.08 Å². The Morgan fingerprint density at radius 2 is 1.81 bits per heavy atom. The maximum absolute atomic E-state index is 12.1. The van der Waals surface area contributed by atoms with Gasteiger partial charge in [-0.15, -0.1) is 0 Å². The Hall–Kier alpha value is -4.66. The van der Waals surface area contributed by atoms with E-state index in [0.29, 0.717) is 23.8 Å². The van der Waals surface area contributed by atoms with Gasteiger partial charge in [-0.25, -0.2) is 4.79 Å². The molecule has 0 radical (unpaired) electrons. The summed E-state index contributed by atoms with van der Waals surface area (Å²) in [4.78, 5) is 40.2. The van der Waals surface area contributed by atoms with Gasteiger partial charge in [0, 0.05) is 12.3 Å². The first-order valence-corrected chi connectivity index (χ1v) is 11.1. The molecular weight excluding hydrogens is 462 g/mol. The number of benzene rings is 2. The third kappa shape index (κ3) is 8.60. The minimum absolute atomic E-state index is 0.280. The number of hydrogen-bond acceptors (Lipinski definition) is 7. The van der Waals surface area contributed by atoms with E-state index in [4.69, 9.17) is 14.2 Å². The van der Waals surface area contributed by atoms with E-state index in [-0.39, 0.29) is 6.54 Å². The smallest absolute Gasteiger partial charge is 0.331 e. The highest BCUT2D eigenvalue weighted by Gasteiger charge is 2.10. The van der Waals surface area contributed by atoms with Gasteiger partial charge in [-0.3, -0.25) is 14.6 Å². The topological polar surface area (TPSA) is 116 Å². The second-order valence-corrected chi connectivity index (χ2v) is 7.65. The lowest BCUT2D eigenvalue weighted by Gasteiger charge is -2.11. The highest BCUT2D eigenvalue weighted by Crippen LogP contribution is 2.24. The van der Waals surface area contributed by atoms with Gasteiger partial charge >= 0.3 is 5.97 Å². The minimum Gasteiger partial charge on any atom is -0.495 e. The standard InChI is InChI=1S/C27H27N3O6/c1-19-6-12-24(34-2)23(15-19)30-25(31)16-29-26(32)18-36-27(33)13-9-20-7-10-22(11-8-20)35-17-21-5-3-4-14-28-21/h3-15H,16-18H2,1-2H3,(H,29,32)(H,30,31). The molecule has 1 heterocycles. The summed E-state index contributed by atoms with van der Waals surface area (Å²) in [6, 6.07) is 18.1. The van der Waals surface area contributed by atoms with Gasteiger partial charge in [-0.05, 0) is 60.5 Å². The SMILES string of the molecule is COc1ccc(C)cc1NC(=O)CNC(=O)COC(=O)C=Cc1ccc(OCc2ccccn2)cc1. The molecule has 0 fully saturated rings. The molecule has 9 nitrogen and oxygen atoms in total. The summed E-state index contributed by atoms with van der Waals surface area (Å²) in [7, 11) is 1.50. The lowest BCUT2D eigenvalue weighted by atomic mass is 10.2. The van der Waals surface area contributed by atoms with E-state index < -0.39 is 24.4 Å². The van der Waals surface area contributed by atoms with Crippen molar-refractivity contribution < 1.29 is 28.6 Å². The fourth-order valence-corrected chi connectivity index (χ4v) is 3.01. The van der Waals surface area contributed by atoms with Crippen molar-refractivity contribution in [1.29, 1.82) is 0 Å². The van der Waals surface area contributed by atoms with Crippen LogP contribution in [0.5, 0.6) is 11.5 Å². The Labute approximate surface area is 209 Å². The fraction of sp³-hybridized carbons (Fsp3) is 0.185. The van der Waals surface area contributed by atoms with Crippen molar-refractivity contribution in [1.82, 2.24) is 10.3 Å². The molecule has 0 saturated heterocycles. The molecule has 0 aliphatic heterocycles. The number of rotatable bonds is 11. The van der Waals surface area contributed by atoms with Gasteiger partial charge < -0.3 is 24.8 Å². The summed E-state index contributed by atoms with van der Waals surface area (Å²) >= 11 is 0. The van der Waals surface area contributed by atoms with Gasteiger partial charge in [0.05, 0.1) is 25.0 Å². The lowest BCUT2D eigenvalue weighted by molar-refractivity contribution is -0.143. The number of hydrogen-bond donors (Lipinski definition) is 2. The van der Waals surface area contributed by atoms with Crippen LogP contribution in [0.3, 0.4) is 0 Å². The zero-order chi connectivity index (χ0) is 25.8. The van der Waals surface area contributed by atoms with Crippen molar-refractivity contribution in [2.45, 2.75) is 13.5 Å². The number of aromatic nitrogens is 1. The largest absolute Gasteiger partial charge is 0.495 e. The van der Waals surface area contributed by atoms with E-state index in [1.165, 1.54) is 13.2 Å². The minimum atomic E-state index is -0.686. The second kappa shape index (κ2) is 13.3. The number of esters is 1. The molecule has 2 N–H and O–H groups in total. The molecule has 2 aromatic carbocycles. The van der Waals surface area contributed by atoms with Crippen molar-refractivity contribution in [2.75, 3.05) is 25.6 Å². The summed E-state index contributed by atoms with van der Waals surface area (Å²) in [6.45, 7) is 1.45. The van der Waals surface area contributed by atoms with Gasteiger partial charge in [0.15, 0.2) is 6.61 Å². The summed E-state index contributed by atoms with van der Waals surface area (Å²) < 4.78 is 15.8. The van der Waals surface area contributed by atoms with Crippen LogP contribution >= 0.6 is 0 Å². The number of methoxy groups -OCH3 is 1. The predicted octanol–water partition coefficient (Wildman–Crippen LogP) is 3.29. The van der Waals surface area contributed by atoms with Gasteiger partial charge in [-0.1, -0.05) is 24.3 Å². The molecule has 0 saturated carbocycles. The number of pyridine rings is 1. The molecule has 186 valence electrons. The van der Waals surface area contributed by atoms with Crippen LogP contribution in [0.4, 0.5) is 5.69 Å². The third-order valence-corrected chi connectivity index (χ3v) is 4.83. The molecule has 3 rings (SSSR count). The van der Waals surface area contributed by atoms with E-state index in [9.17, 15) is 14.4 Å². The molecule has 0 atom stereocenters. The van der Waals surface area contributed by atoms with E-state index >= 15 is 0 Å². The van der Waals surface area contributed by atoms with Crippen molar-refractivity contribution >= 4 is 29.5 Å². The highest BCUT2D eigenvalue weighted by molar-refractivity contribution is 5.96. The number of amides is 2. The molecule has 0 aliphatic rings. The van der Waals surface area contributed by atoms with Gasteiger partial charge in [0.2, 0.25) is 5.91 Å². The van der Waals surface area contributed by atoms with Crippen molar-refractivity contribution in [2.24, 2.45) is 0 Å². The van der Waals surface area contributed by atoms with Crippen LogP contribution in [-0.4, -0.2) is 43.0 Å². The van der Waals surface area contributed by atoms with Gasteiger partial charge in [-0.2, -0.15) is 0 Å². The third-order valence-electron chi connectivity index (χ3n) is 4.83. The molecular formula is C27H27N3O6. The summed E-state index contributed by atoms with van der Waals surface area (Å²) in [5.41, 5.74) is 3.02. The average Bonchev–Trinajstić information content (AvgIpc) is 2.89. The molecule has 0 bridgehead atoms. The Morgan fingerprint density at radius 1 is 1.00 bits per heavy atom. The number of nitrogens with one attached hydrogen (secondary N) is 2.